The fourth-order valence-electron chi connectivity index (χ4n) is 4.69. The van der Waals surface area contributed by atoms with Gasteiger partial charge in [0.25, 0.3) is 5.56 Å². The summed E-state index contributed by atoms with van der Waals surface area (Å²) >= 11 is 0. The summed E-state index contributed by atoms with van der Waals surface area (Å²) in [5, 5.41) is 4.13. The molecule has 2 aliphatic heterocycles. The molecule has 5 rings (SSSR count). The molecule has 0 unspecified atom stereocenters. The van der Waals surface area contributed by atoms with Crippen LogP contribution >= 0.6 is 12.4 Å². The molecule has 0 radical (unpaired) electrons. The summed E-state index contributed by atoms with van der Waals surface area (Å²) in [6, 6.07) is 20.7. The van der Waals surface area contributed by atoms with Crippen LogP contribution in [0.1, 0.15) is 6.42 Å². The third-order valence-corrected chi connectivity index (χ3v) is 6.09. The van der Waals surface area contributed by atoms with Gasteiger partial charge < -0.3 is 9.80 Å². The van der Waals surface area contributed by atoms with Crippen LogP contribution in [0.4, 0.5) is 5.69 Å². The maximum Gasteiger partial charge on any atom is 0.271 e. The van der Waals surface area contributed by atoms with E-state index >= 15 is 0 Å². The van der Waals surface area contributed by atoms with Gasteiger partial charge in [0.15, 0.2) is 0 Å². The Hall–Kier alpha value is -2.63. The number of hydrogen-bond donors (Lipinski definition) is 0. The number of nitrogens with zero attached hydrogens (tertiary/aromatic N) is 4. The van der Waals surface area contributed by atoms with E-state index in [1.807, 2.05) is 24.3 Å². The Bertz CT molecular complexity index is 1030. The predicted octanol–water partition coefficient (Wildman–Crippen LogP) is 3.46. The van der Waals surface area contributed by atoms with Gasteiger partial charge in [-0.3, -0.25) is 4.79 Å². The maximum atomic E-state index is 11.9. The Kier molecular flexibility index (Phi) is 5.43. The number of benzene rings is 2. The molecule has 0 amide bonds. The van der Waals surface area contributed by atoms with E-state index in [1.54, 1.807) is 12.3 Å². The lowest BCUT2D eigenvalue weighted by Gasteiger charge is -2.26. The number of rotatable bonds is 3. The summed E-state index contributed by atoms with van der Waals surface area (Å²) in [7, 11) is 2.22. The summed E-state index contributed by atoms with van der Waals surface area (Å²) in [5.41, 5.74) is 4.30. The van der Waals surface area contributed by atoms with Gasteiger partial charge in [-0.2, -0.15) is 9.78 Å². The molecule has 150 valence electrons. The molecular formula is C23H25ClN4O. The van der Waals surface area contributed by atoms with E-state index in [9.17, 15) is 4.79 Å². The third kappa shape index (κ3) is 3.68. The van der Waals surface area contributed by atoms with Crippen molar-refractivity contribution < 1.29 is 0 Å². The number of hydrogen-bond acceptors (Lipinski definition) is 4. The molecule has 0 N–H and O–H groups in total. The van der Waals surface area contributed by atoms with Gasteiger partial charge in [-0.05, 0) is 60.8 Å². The molecule has 2 saturated heterocycles. The van der Waals surface area contributed by atoms with Crippen LogP contribution in [0, 0.1) is 5.92 Å². The van der Waals surface area contributed by atoms with Crippen LogP contribution < -0.4 is 10.5 Å². The van der Waals surface area contributed by atoms with Gasteiger partial charge in [0.2, 0.25) is 0 Å². The number of anilines is 1. The van der Waals surface area contributed by atoms with Crippen molar-refractivity contribution in [3.63, 3.8) is 0 Å². The first-order valence-electron chi connectivity index (χ1n) is 9.89. The fraction of sp³-hybridized carbons (Fsp3) is 0.304. The molecule has 2 atom stereocenters. The summed E-state index contributed by atoms with van der Waals surface area (Å²) < 4.78 is 1.41. The van der Waals surface area contributed by atoms with Crippen LogP contribution in [0.5, 0.6) is 0 Å². The van der Waals surface area contributed by atoms with Crippen molar-refractivity contribution in [3.05, 3.63) is 77.2 Å². The molecule has 2 aliphatic rings. The minimum atomic E-state index is -0.124. The Morgan fingerprint density at radius 1 is 0.897 bits per heavy atom. The first kappa shape index (κ1) is 19.7. The molecule has 2 aromatic carbocycles. The maximum absolute atomic E-state index is 11.9. The average Bonchev–Trinajstić information content (AvgIpc) is 3.28. The predicted molar refractivity (Wildman–Crippen MR) is 119 cm³/mol. The molecule has 2 fully saturated rings. The van der Waals surface area contributed by atoms with Crippen LogP contribution in [0.3, 0.4) is 0 Å². The van der Waals surface area contributed by atoms with Crippen molar-refractivity contribution in [2.45, 2.75) is 12.5 Å². The zero-order chi connectivity index (χ0) is 19.1. The van der Waals surface area contributed by atoms with Crippen LogP contribution in [-0.2, 0) is 0 Å². The van der Waals surface area contributed by atoms with Crippen LogP contribution in [0.15, 0.2) is 71.7 Å². The molecule has 0 spiro atoms. The van der Waals surface area contributed by atoms with Crippen molar-refractivity contribution in [2.75, 3.05) is 31.6 Å². The quantitative estimate of drug-likeness (QED) is 0.665. The Labute approximate surface area is 177 Å². The van der Waals surface area contributed by atoms with E-state index in [-0.39, 0.29) is 18.0 Å². The Morgan fingerprint density at radius 3 is 2.21 bits per heavy atom. The van der Waals surface area contributed by atoms with E-state index in [1.165, 1.54) is 41.5 Å². The van der Waals surface area contributed by atoms with E-state index in [0.29, 0.717) is 6.04 Å². The molecule has 1 aromatic heterocycles. The molecule has 5 nitrogen and oxygen atoms in total. The smallest absolute Gasteiger partial charge is 0.271 e. The molecule has 6 heteroatoms. The standard InChI is InChI=1S/C23H24N4O.ClH/c1-25-15-19-12-14-26(22(19)16-25)20-8-4-17(5-9-20)18-6-10-21(11-7-18)27-23(28)3-2-13-24-27;/h2-11,13,19,22H,12,14-16H2,1H3;1H/t19-,22+;/m1./s1. The highest BCUT2D eigenvalue weighted by atomic mass is 35.5. The summed E-state index contributed by atoms with van der Waals surface area (Å²) in [6.07, 6.45) is 2.92. The van der Waals surface area contributed by atoms with Crippen LogP contribution in [0.2, 0.25) is 0 Å². The molecule has 3 aromatic rings. The topological polar surface area (TPSA) is 41.4 Å². The third-order valence-electron chi connectivity index (χ3n) is 6.09. The normalized spacial score (nSPS) is 21.1. The average molecular weight is 409 g/mol. The monoisotopic (exact) mass is 408 g/mol. The summed E-state index contributed by atoms with van der Waals surface area (Å²) in [6.45, 7) is 3.56. The summed E-state index contributed by atoms with van der Waals surface area (Å²) in [4.78, 5) is 17.0. The van der Waals surface area contributed by atoms with Gasteiger partial charge in [-0.15, -0.1) is 12.4 Å². The second-order valence-corrected chi connectivity index (χ2v) is 7.90. The number of fused-ring (bicyclic) bond motifs is 1. The highest BCUT2D eigenvalue weighted by molar-refractivity contribution is 5.85. The molecular weight excluding hydrogens is 384 g/mol. The van der Waals surface area contributed by atoms with E-state index < -0.39 is 0 Å². The number of halogens is 1. The van der Waals surface area contributed by atoms with Gasteiger partial charge in [0.05, 0.1) is 5.69 Å². The minimum absolute atomic E-state index is 0. The molecule has 3 heterocycles. The van der Waals surface area contributed by atoms with Crippen molar-refractivity contribution in [1.82, 2.24) is 14.7 Å². The lowest BCUT2D eigenvalue weighted by Crippen LogP contribution is -2.34. The van der Waals surface area contributed by atoms with Gasteiger partial charge in [-0.1, -0.05) is 24.3 Å². The molecule has 29 heavy (non-hydrogen) atoms. The first-order chi connectivity index (χ1) is 13.7. The SMILES string of the molecule is CN1C[C@H]2CCN(c3ccc(-c4ccc(-n5ncccc5=O)cc4)cc3)[C@H]2C1.Cl. The fourth-order valence-corrected chi connectivity index (χ4v) is 4.69. The molecule has 0 bridgehead atoms. The first-order valence-corrected chi connectivity index (χ1v) is 9.89. The van der Waals surface area contributed by atoms with E-state index in [0.717, 1.165) is 23.7 Å². The van der Waals surface area contributed by atoms with Crippen LogP contribution in [0.25, 0.3) is 16.8 Å². The van der Waals surface area contributed by atoms with Crippen LogP contribution in [-0.4, -0.2) is 47.4 Å². The number of likely N-dealkylation sites (tertiary alicyclic amines) is 1. The lowest BCUT2D eigenvalue weighted by molar-refractivity contribution is 0.386. The van der Waals surface area contributed by atoms with E-state index in [2.05, 4.69) is 46.2 Å². The zero-order valence-electron chi connectivity index (χ0n) is 16.4. The van der Waals surface area contributed by atoms with Gasteiger partial charge in [-0.25, -0.2) is 0 Å². The Balaban J connectivity index is 0.00000205. The highest BCUT2D eigenvalue weighted by Gasteiger charge is 2.39. The highest BCUT2D eigenvalue weighted by Crippen LogP contribution is 2.35. The van der Waals surface area contributed by atoms with Gasteiger partial charge in [0, 0.05) is 43.6 Å². The minimum Gasteiger partial charge on any atom is -0.367 e. The second-order valence-electron chi connectivity index (χ2n) is 7.90. The number of aromatic nitrogens is 2. The van der Waals surface area contributed by atoms with Crippen molar-refractivity contribution >= 4 is 18.1 Å². The van der Waals surface area contributed by atoms with Crippen molar-refractivity contribution in [1.29, 1.82) is 0 Å². The van der Waals surface area contributed by atoms with Gasteiger partial charge >= 0.3 is 0 Å². The molecule has 0 aliphatic carbocycles. The number of likely N-dealkylation sites (N-methyl/N-ethyl adjacent to an activating group) is 1. The molecule has 0 saturated carbocycles. The zero-order valence-corrected chi connectivity index (χ0v) is 17.3. The second kappa shape index (κ2) is 8.01. The van der Waals surface area contributed by atoms with Crippen molar-refractivity contribution in [3.8, 4) is 16.8 Å². The van der Waals surface area contributed by atoms with Crippen molar-refractivity contribution in [2.24, 2.45) is 5.92 Å². The lowest BCUT2D eigenvalue weighted by atomic mass is 10.0. The van der Waals surface area contributed by atoms with E-state index in [4.69, 9.17) is 0 Å². The largest absolute Gasteiger partial charge is 0.367 e. The summed E-state index contributed by atoms with van der Waals surface area (Å²) in [5.74, 6) is 0.812. The van der Waals surface area contributed by atoms with Gasteiger partial charge in [0.1, 0.15) is 0 Å². The Morgan fingerprint density at radius 2 is 1.55 bits per heavy atom.